The Morgan fingerprint density at radius 1 is 1.33 bits per heavy atom. The molecule has 3 rings (SSSR count). The first-order chi connectivity index (χ1) is 12.8. The Balaban J connectivity index is 1.93. The number of aliphatic imine (C=N–C) groups is 1. The van der Waals surface area contributed by atoms with E-state index in [0.29, 0.717) is 16.3 Å². The molecule has 1 amide bonds. The summed E-state index contributed by atoms with van der Waals surface area (Å²) < 4.78 is 14.5. The van der Waals surface area contributed by atoms with Crippen LogP contribution in [0.1, 0.15) is 23.0 Å². The van der Waals surface area contributed by atoms with Crippen LogP contribution in [0.4, 0.5) is 15.8 Å². The van der Waals surface area contributed by atoms with Gasteiger partial charge < -0.3 is 21.9 Å². The summed E-state index contributed by atoms with van der Waals surface area (Å²) in [6.45, 7) is 1.46. The largest absolute Gasteiger partial charge is 0.397 e. The third-order valence-corrected chi connectivity index (χ3v) is 4.77. The number of aliphatic hydroxyl groups excluding tert-OH is 1. The zero-order chi connectivity index (χ0) is 19.6. The number of nitrogens with two attached hydrogens (primary N) is 2. The molecule has 2 heterocycles. The number of amidine groups is 1. The molecular formula is C18H18FN5O2S. The van der Waals surface area contributed by atoms with Gasteiger partial charge in [0.25, 0.3) is 5.91 Å². The first kappa shape index (κ1) is 18.9. The Morgan fingerprint density at radius 2 is 2.11 bits per heavy atom. The lowest BCUT2D eigenvalue weighted by atomic mass is 9.91. The number of anilines is 2. The number of nitrogens with zero attached hydrogens (tertiary/aromatic N) is 2. The second kappa shape index (κ2) is 7.37. The number of carbonyl (C=O) groups is 1. The number of benzene rings is 1. The van der Waals surface area contributed by atoms with Gasteiger partial charge in [-0.25, -0.2) is 14.4 Å². The van der Waals surface area contributed by atoms with Gasteiger partial charge >= 0.3 is 0 Å². The molecule has 0 radical (unpaired) electrons. The Hall–Kier alpha value is -2.91. The van der Waals surface area contributed by atoms with Crippen molar-refractivity contribution >= 4 is 34.2 Å². The summed E-state index contributed by atoms with van der Waals surface area (Å²) in [4.78, 5) is 21.2. The Kier molecular flexibility index (Phi) is 5.15. The molecule has 6 N–H and O–H groups in total. The molecule has 0 aliphatic carbocycles. The first-order valence-corrected chi connectivity index (χ1v) is 8.81. The van der Waals surface area contributed by atoms with Crippen LogP contribution in [0, 0.1) is 5.82 Å². The molecule has 27 heavy (non-hydrogen) atoms. The quantitative estimate of drug-likeness (QED) is 0.637. The third kappa shape index (κ3) is 4.09. The molecule has 0 fully saturated rings. The fraction of sp³-hybridized carbons (Fsp3) is 0.167. The van der Waals surface area contributed by atoms with Crippen LogP contribution < -0.4 is 16.8 Å². The van der Waals surface area contributed by atoms with Gasteiger partial charge in [0, 0.05) is 16.2 Å². The Morgan fingerprint density at radius 3 is 2.78 bits per heavy atom. The highest BCUT2D eigenvalue weighted by Gasteiger charge is 2.31. The second-order valence-corrected chi connectivity index (χ2v) is 7.24. The van der Waals surface area contributed by atoms with E-state index < -0.39 is 17.3 Å². The van der Waals surface area contributed by atoms with Crippen LogP contribution >= 0.6 is 11.8 Å². The number of halogens is 1. The lowest BCUT2D eigenvalue weighted by molar-refractivity contribution is 0.102. The number of aromatic nitrogens is 1. The highest BCUT2D eigenvalue weighted by atomic mass is 32.2. The van der Waals surface area contributed by atoms with Crippen LogP contribution in [0.25, 0.3) is 0 Å². The fourth-order valence-corrected chi connectivity index (χ4v) is 3.56. The number of nitrogen functional groups attached to an aromatic ring is 1. The molecule has 0 unspecified atom stereocenters. The average Bonchev–Trinajstić information content (AvgIpc) is 2.63. The molecule has 1 aliphatic heterocycles. The van der Waals surface area contributed by atoms with Gasteiger partial charge in [0.2, 0.25) is 0 Å². The summed E-state index contributed by atoms with van der Waals surface area (Å²) in [6.07, 6.45) is 3.03. The number of pyridine rings is 1. The minimum absolute atomic E-state index is 0.181. The van der Waals surface area contributed by atoms with E-state index in [1.165, 1.54) is 30.5 Å². The van der Waals surface area contributed by atoms with E-state index in [9.17, 15) is 14.3 Å². The minimum Gasteiger partial charge on any atom is -0.397 e. The maximum atomic E-state index is 14.5. The van der Waals surface area contributed by atoms with E-state index in [1.807, 2.05) is 0 Å². The second-order valence-electron chi connectivity index (χ2n) is 6.09. The van der Waals surface area contributed by atoms with Crippen molar-refractivity contribution in [2.45, 2.75) is 12.5 Å². The van der Waals surface area contributed by atoms with Crippen molar-refractivity contribution < 1.29 is 14.3 Å². The summed E-state index contributed by atoms with van der Waals surface area (Å²) in [5.74, 6) is -0.954. The SMILES string of the molecule is C[C@@]1(c2cc(NC(=O)c3ccc(N)cn3)ccc2F)C=C(CO)SC(N)=N1. The van der Waals surface area contributed by atoms with Crippen molar-refractivity contribution in [2.75, 3.05) is 17.7 Å². The molecule has 0 saturated heterocycles. The van der Waals surface area contributed by atoms with E-state index in [2.05, 4.69) is 15.3 Å². The van der Waals surface area contributed by atoms with Crippen molar-refractivity contribution in [3.05, 3.63) is 64.6 Å². The zero-order valence-electron chi connectivity index (χ0n) is 14.4. The zero-order valence-corrected chi connectivity index (χ0v) is 15.3. The van der Waals surface area contributed by atoms with Crippen LogP contribution in [0.15, 0.2) is 52.5 Å². The lowest BCUT2D eigenvalue weighted by Crippen LogP contribution is -2.27. The summed E-state index contributed by atoms with van der Waals surface area (Å²) in [7, 11) is 0. The smallest absolute Gasteiger partial charge is 0.274 e. The van der Waals surface area contributed by atoms with Crippen molar-refractivity contribution in [2.24, 2.45) is 10.7 Å². The van der Waals surface area contributed by atoms with Crippen molar-refractivity contribution in [3.63, 3.8) is 0 Å². The molecule has 140 valence electrons. The number of hydrogen-bond acceptors (Lipinski definition) is 7. The summed E-state index contributed by atoms with van der Waals surface area (Å²) in [5, 5.41) is 12.3. The Bertz CT molecular complexity index is 945. The molecule has 7 nitrogen and oxygen atoms in total. The van der Waals surface area contributed by atoms with Crippen molar-refractivity contribution in [1.29, 1.82) is 0 Å². The number of rotatable bonds is 4. The van der Waals surface area contributed by atoms with Crippen LogP contribution in [0.5, 0.6) is 0 Å². The van der Waals surface area contributed by atoms with E-state index in [4.69, 9.17) is 11.5 Å². The van der Waals surface area contributed by atoms with Crippen LogP contribution in [-0.4, -0.2) is 27.8 Å². The van der Waals surface area contributed by atoms with Crippen LogP contribution in [0.2, 0.25) is 0 Å². The number of amides is 1. The van der Waals surface area contributed by atoms with Gasteiger partial charge in [-0.3, -0.25) is 4.79 Å². The first-order valence-electron chi connectivity index (χ1n) is 7.99. The summed E-state index contributed by atoms with van der Waals surface area (Å²) >= 11 is 1.13. The molecule has 2 aromatic rings. The third-order valence-electron chi connectivity index (χ3n) is 3.96. The van der Waals surface area contributed by atoms with E-state index in [0.717, 1.165) is 11.8 Å². The summed E-state index contributed by atoms with van der Waals surface area (Å²) in [5.41, 5.74) is 11.5. The summed E-state index contributed by atoms with van der Waals surface area (Å²) in [6, 6.07) is 7.24. The van der Waals surface area contributed by atoms with Gasteiger partial charge in [-0.15, -0.1) is 0 Å². The number of thioether (sulfide) groups is 1. The van der Waals surface area contributed by atoms with E-state index >= 15 is 0 Å². The Labute approximate surface area is 159 Å². The average molecular weight is 387 g/mol. The molecule has 1 aromatic carbocycles. The van der Waals surface area contributed by atoms with E-state index in [1.54, 1.807) is 19.1 Å². The fourth-order valence-electron chi connectivity index (χ4n) is 2.70. The molecule has 1 aromatic heterocycles. The monoisotopic (exact) mass is 387 g/mol. The van der Waals surface area contributed by atoms with Crippen molar-refractivity contribution in [1.82, 2.24) is 4.98 Å². The predicted octanol–water partition coefficient (Wildman–Crippen LogP) is 2.21. The van der Waals surface area contributed by atoms with Gasteiger partial charge in [0.1, 0.15) is 17.1 Å². The number of hydrogen-bond donors (Lipinski definition) is 4. The predicted molar refractivity (Wildman–Crippen MR) is 105 cm³/mol. The molecule has 9 heteroatoms. The van der Waals surface area contributed by atoms with Gasteiger partial charge in [0.05, 0.1) is 18.5 Å². The normalized spacial score (nSPS) is 19.2. The van der Waals surface area contributed by atoms with Crippen LogP contribution in [-0.2, 0) is 5.54 Å². The number of aliphatic hydroxyl groups is 1. The number of nitrogens with one attached hydrogen (secondary N) is 1. The van der Waals surface area contributed by atoms with Gasteiger partial charge in [0.15, 0.2) is 5.17 Å². The standard InChI is InChI=1S/C18H18FN5O2S/c1-18(7-12(9-25)27-17(21)24-18)13-6-11(3-4-14(13)19)23-16(26)15-5-2-10(20)8-22-15/h2-8,25H,9,20H2,1H3,(H2,21,24)(H,23,26)/t18-/m0/s1. The maximum Gasteiger partial charge on any atom is 0.274 e. The number of carbonyl (C=O) groups excluding carboxylic acids is 1. The van der Waals surface area contributed by atoms with Gasteiger partial charge in [-0.2, -0.15) is 0 Å². The van der Waals surface area contributed by atoms with Crippen LogP contribution in [0.3, 0.4) is 0 Å². The topological polar surface area (TPSA) is 127 Å². The lowest BCUT2D eigenvalue weighted by Gasteiger charge is -2.28. The minimum atomic E-state index is -1.10. The van der Waals surface area contributed by atoms with Gasteiger partial charge in [-0.05, 0) is 43.3 Å². The van der Waals surface area contributed by atoms with E-state index in [-0.39, 0.29) is 23.0 Å². The maximum absolute atomic E-state index is 14.5. The molecule has 0 saturated carbocycles. The molecule has 1 aliphatic rings. The highest BCUT2D eigenvalue weighted by Crippen LogP contribution is 2.38. The molecule has 0 bridgehead atoms. The molecule has 0 spiro atoms. The van der Waals surface area contributed by atoms with Crippen molar-refractivity contribution in [3.8, 4) is 0 Å². The van der Waals surface area contributed by atoms with Gasteiger partial charge in [-0.1, -0.05) is 11.8 Å². The highest BCUT2D eigenvalue weighted by molar-refractivity contribution is 8.17. The molecular weight excluding hydrogens is 369 g/mol. The molecule has 1 atom stereocenters.